The first-order valence-electron chi connectivity index (χ1n) is 9.57. The van der Waals surface area contributed by atoms with Crippen LogP contribution in [0.2, 0.25) is 5.02 Å². The van der Waals surface area contributed by atoms with Crippen molar-refractivity contribution in [3.8, 4) is 17.1 Å². The first kappa shape index (κ1) is 22.7. The van der Waals surface area contributed by atoms with Crippen LogP contribution in [0.4, 0.5) is 13.2 Å². The number of furan rings is 1. The Bertz CT molecular complexity index is 1020. The summed E-state index contributed by atoms with van der Waals surface area (Å²) < 4.78 is 50.9. The molecule has 164 valence electrons. The third-order valence-corrected chi connectivity index (χ3v) is 5.11. The van der Waals surface area contributed by atoms with Crippen LogP contribution in [0.1, 0.15) is 42.6 Å². The predicted octanol–water partition coefficient (Wildman–Crippen LogP) is 7.17. The molecule has 1 unspecified atom stereocenters. The number of carbonyl (C=O) groups is 1. The van der Waals surface area contributed by atoms with Gasteiger partial charge >= 0.3 is 12.1 Å². The summed E-state index contributed by atoms with van der Waals surface area (Å²) in [4.78, 5) is 11.0. The Kier molecular flexibility index (Phi) is 6.95. The molecule has 0 spiro atoms. The van der Waals surface area contributed by atoms with Crippen LogP contribution in [0, 0.1) is 0 Å². The molecule has 4 nitrogen and oxygen atoms in total. The Hall–Kier alpha value is -2.93. The molecule has 3 aromatic rings. The van der Waals surface area contributed by atoms with Gasteiger partial charge in [-0.1, -0.05) is 30.7 Å². The molecule has 0 bridgehead atoms. The van der Waals surface area contributed by atoms with Crippen molar-refractivity contribution in [2.75, 3.05) is 0 Å². The van der Waals surface area contributed by atoms with Crippen molar-refractivity contribution in [2.45, 2.75) is 38.5 Å². The van der Waals surface area contributed by atoms with Crippen molar-refractivity contribution in [1.29, 1.82) is 0 Å². The van der Waals surface area contributed by atoms with Gasteiger partial charge in [0.2, 0.25) is 5.76 Å². The Labute approximate surface area is 182 Å². The van der Waals surface area contributed by atoms with Gasteiger partial charge in [0.15, 0.2) is 0 Å². The molecule has 2 aromatic carbocycles. The zero-order valence-electron chi connectivity index (χ0n) is 16.6. The first-order chi connectivity index (χ1) is 14.7. The molecule has 1 heterocycles. The fourth-order valence-electron chi connectivity index (χ4n) is 3.24. The molecule has 8 heteroatoms. The Morgan fingerprint density at radius 1 is 1.13 bits per heavy atom. The number of aliphatic carboxylic acids is 1. The molecule has 0 saturated carbocycles. The molecule has 0 aliphatic carbocycles. The average molecular weight is 453 g/mol. The minimum Gasteiger partial charge on any atom is -0.489 e. The Morgan fingerprint density at radius 3 is 2.32 bits per heavy atom. The molecular weight excluding hydrogens is 433 g/mol. The minimum absolute atomic E-state index is 0.00808. The van der Waals surface area contributed by atoms with Crippen molar-refractivity contribution >= 4 is 17.6 Å². The second-order valence-electron chi connectivity index (χ2n) is 7.03. The first-order valence-corrected chi connectivity index (χ1v) is 9.95. The van der Waals surface area contributed by atoms with Crippen molar-refractivity contribution in [3.05, 3.63) is 76.5 Å². The van der Waals surface area contributed by atoms with E-state index in [9.17, 15) is 18.0 Å². The summed E-state index contributed by atoms with van der Waals surface area (Å²) in [5.74, 6) is -1.70. The summed E-state index contributed by atoms with van der Waals surface area (Å²) in [6.45, 7) is 1.56. The van der Waals surface area contributed by atoms with Gasteiger partial charge in [-0.3, -0.25) is 4.79 Å². The predicted molar refractivity (Wildman–Crippen MR) is 110 cm³/mol. The number of ether oxygens (including phenoxy) is 1. The van der Waals surface area contributed by atoms with E-state index < -0.39 is 17.9 Å². The van der Waals surface area contributed by atoms with Gasteiger partial charge in [0.25, 0.3) is 0 Å². The number of carboxylic acid groups (broad SMARTS) is 1. The van der Waals surface area contributed by atoms with E-state index in [4.69, 9.17) is 25.9 Å². The van der Waals surface area contributed by atoms with Gasteiger partial charge in [-0.2, -0.15) is 13.2 Å². The third kappa shape index (κ3) is 5.82. The van der Waals surface area contributed by atoms with Crippen LogP contribution < -0.4 is 4.74 Å². The van der Waals surface area contributed by atoms with E-state index in [1.165, 1.54) is 6.07 Å². The number of benzene rings is 2. The van der Waals surface area contributed by atoms with E-state index >= 15 is 0 Å². The van der Waals surface area contributed by atoms with E-state index in [2.05, 4.69) is 0 Å². The molecule has 0 aliphatic rings. The van der Waals surface area contributed by atoms with Crippen molar-refractivity contribution in [3.63, 3.8) is 0 Å². The average Bonchev–Trinajstić information content (AvgIpc) is 3.16. The SMILES string of the molecule is CCC(CC(=O)O)c1ccc(OCc2cc(-c3ccc(Cl)cc3)oc2C(F)(F)F)cc1. The number of hydrogen-bond donors (Lipinski definition) is 1. The molecule has 0 radical (unpaired) electrons. The van der Waals surface area contributed by atoms with Crippen LogP contribution in [0.5, 0.6) is 5.75 Å². The summed E-state index contributed by atoms with van der Waals surface area (Å²) in [5, 5.41) is 9.46. The zero-order chi connectivity index (χ0) is 22.6. The third-order valence-electron chi connectivity index (χ3n) is 4.85. The number of halogens is 4. The van der Waals surface area contributed by atoms with E-state index in [0.29, 0.717) is 22.8 Å². The number of carboxylic acids is 1. The number of hydrogen-bond acceptors (Lipinski definition) is 3. The van der Waals surface area contributed by atoms with Gasteiger partial charge in [0.05, 0.1) is 6.42 Å². The lowest BCUT2D eigenvalue weighted by atomic mass is 9.93. The molecular formula is C23H20ClF3O4. The monoisotopic (exact) mass is 452 g/mol. The molecule has 1 aromatic heterocycles. The van der Waals surface area contributed by atoms with Crippen LogP contribution in [0.25, 0.3) is 11.3 Å². The van der Waals surface area contributed by atoms with Crippen LogP contribution in [-0.2, 0) is 17.6 Å². The quantitative estimate of drug-likeness (QED) is 0.393. The highest BCUT2D eigenvalue weighted by Gasteiger charge is 2.38. The van der Waals surface area contributed by atoms with Gasteiger partial charge in [-0.25, -0.2) is 0 Å². The molecule has 1 atom stereocenters. The molecule has 3 rings (SSSR count). The topological polar surface area (TPSA) is 59.7 Å². The smallest absolute Gasteiger partial charge is 0.449 e. The molecule has 0 saturated heterocycles. The van der Waals surface area contributed by atoms with E-state index in [1.807, 2.05) is 6.92 Å². The van der Waals surface area contributed by atoms with E-state index in [0.717, 1.165) is 5.56 Å². The van der Waals surface area contributed by atoms with Crippen LogP contribution >= 0.6 is 11.6 Å². The normalized spacial score (nSPS) is 12.5. The maximum absolute atomic E-state index is 13.4. The van der Waals surface area contributed by atoms with Crippen LogP contribution in [0.15, 0.2) is 59.0 Å². The van der Waals surface area contributed by atoms with Crippen LogP contribution in [0.3, 0.4) is 0 Å². The Balaban J connectivity index is 1.77. The summed E-state index contributed by atoms with van der Waals surface area (Å²) in [5.41, 5.74) is 1.18. The largest absolute Gasteiger partial charge is 0.489 e. The van der Waals surface area contributed by atoms with E-state index in [1.54, 1.807) is 48.5 Å². The minimum atomic E-state index is -4.67. The second kappa shape index (κ2) is 9.47. The lowest BCUT2D eigenvalue weighted by molar-refractivity contribution is -0.153. The Morgan fingerprint density at radius 2 is 1.77 bits per heavy atom. The summed E-state index contributed by atoms with van der Waals surface area (Å²) in [6, 6.07) is 14.3. The van der Waals surface area contributed by atoms with Crippen molar-refractivity contribution in [2.24, 2.45) is 0 Å². The summed E-state index contributed by atoms with van der Waals surface area (Å²) in [6.07, 6.45) is -4.00. The zero-order valence-corrected chi connectivity index (χ0v) is 17.3. The molecule has 0 fully saturated rings. The van der Waals surface area contributed by atoms with Gasteiger partial charge in [0.1, 0.15) is 18.1 Å². The number of rotatable bonds is 8. The van der Waals surface area contributed by atoms with Gasteiger partial charge < -0.3 is 14.3 Å². The summed E-state index contributed by atoms with van der Waals surface area (Å²) in [7, 11) is 0. The fraction of sp³-hybridized carbons (Fsp3) is 0.261. The highest BCUT2D eigenvalue weighted by Crippen LogP contribution is 2.38. The lowest BCUT2D eigenvalue weighted by Crippen LogP contribution is -2.08. The standard InChI is InChI=1S/C23H20ClF3O4/c1-2-14(12-21(28)29)15-5-9-19(10-6-15)30-13-17-11-20(31-22(17)23(25,26)27)16-3-7-18(24)8-4-16/h3-11,14H,2,12-13H2,1H3,(H,28,29). The van der Waals surface area contributed by atoms with Gasteiger partial charge in [-0.15, -0.1) is 0 Å². The highest BCUT2D eigenvalue weighted by atomic mass is 35.5. The molecule has 31 heavy (non-hydrogen) atoms. The highest BCUT2D eigenvalue weighted by molar-refractivity contribution is 6.30. The maximum atomic E-state index is 13.4. The second-order valence-corrected chi connectivity index (χ2v) is 7.47. The fourth-order valence-corrected chi connectivity index (χ4v) is 3.36. The lowest BCUT2D eigenvalue weighted by Gasteiger charge is -2.14. The van der Waals surface area contributed by atoms with Gasteiger partial charge in [0, 0.05) is 16.1 Å². The molecule has 0 amide bonds. The van der Waals surface area contributed by atoms with E-state index in [-0.39, 0.29) is 30.3 Å². The maximum Gasteiger partial charge on any atom is 0.449 e. The van der Waals surface area contributed by atoms with Crippen molar-refractivity contribution < 1.29 is 32.2 Å². The van der Waals surface area contributed by atoms with Crippen LogP contribution in [-0.4, -0.2) is 11.1 Å². The molecule has 0 aliphatic heterocycles. The van der Waals surface area contributed by atoms with Crippen molar-refractivity contribution in [1.82, 2.24) is 0 Å². The summed E-state index contributed by atoms with van der Waals surface area (Å²) >= 11 is 5.83. The number of alkyl halides is 3. The van der Waals surface area contributed by atoms with Gasteiger partial charge in [-0.05, 0) is 60.4 Å². The molecule has 1 N–H and O–H groups in total.